The molecule has 0 spiro atoms. The molecule has 42 valence electrons. The van der Waals surface area contributed by atoms with Gasteiger partial charge in [0.1, 0.15) is 0 Å². The van der Waals surface area contributed by atoms with E-state index in [9.17, 15) is 4.91 Å². The number of hydrogen-bond acceptors (Lipinski definition) is 3. The standard InChI is InChI=1S/C3H9N3O/c1-5(2)6(3)4-7/h1-3H3. The summed E-state index contributed by atoms with van der Waals surface area (Å²) in [7, 11) is 5.05. The lowest BCUT2D eigenvalue weighted by Crippen LogP contribution is -2.27. The van der Waals surface area contributed by atoms with Crippen LogP contribution in [0.2, 0.25) is 0 Å². The van der Waals surface area contributed by atoms with Crippen molar-refractivity contribution in [3.63, 3.8) is 0 Å². The topological polar surface area (TPSA) is 35.9 Å². The minimum atomic E-state index is 1.19. The summed E-state index contributed by atoms with van der Waals surface area (Å²) in [6, 6.07) is 0. The van der Waals surface area contributed by atoms with Gasteiger partial charge in [0.25, 0.3) is 0 Å². The van der Waals surface area contributed by atoms with Gasteiger partial charge in [-0.2, -0.15) is 5.12 Å². The summed E-state index contributed by atoms with van der Waals surface area (Å²) < 4.78 is 0. The third kappa shape index (κ3) is 2.11. The molecule has 4 heteroatoms. The molecule has 0 N–H and O–H groups in total. The molecule has 0 heterocycles. The van der Waals surface area contributed by atoms with Crippen molar-refractivity contribution < 1.29 is 0 Å². The summed E-state index contributed by atoms with van der Waals surface area (Å²) in [6.45, 7) is 0. The Kier molecular flexibility index (Phi) is 2.29. The van der Waals surface area contributed by atoms with Crippen molar-refractivity contribution in [1.29, 1.82) is 0 Å². The van der Waals surface area contributed by atoms with E-state index in [1.807, 2.05) is 0 Å². The first-order valence-electron chi connectivity index (χ1n) is 1.92. The number of hydrazine groups is 1. The van der Waals surface area contributed by atoms with Crippen LogP contribution in [0, 0.1) is 4.91 Å². The summed E-state index contributed by atoms with van der Waals surface area (Å²) in [4.78, 5) is 9.58. The zero-order valence-corrected chi connectivity index (χ0v) is 4.75. The molecule has 0 amide bonds. The Bertz CT molecular complexity index is 63.2. The van der Waals surface area contributed by atoms with E-state index in [1.165, 1.54) is 5.12 Å². The Hall–Kier alpha value is -0.640. The number of hydrogen-bond donors (Lipinski definition) is 0. The molecule has 0 aliphatic carbocycles. The summed E-state index contributed by atoms with van der Waals surface area (Å²) in [5, 5.41) is 5.37. The van der Waals surface area contributed by atoms with Crippen LogP contribution in [0.15, 0.2) is 5.29 Å². The predicted molar refractivity (Wildman–Crippen MR) is 27.2 cm³/mol. The molecule has 0 saturated heterocycles. The Morgan fingerprint density at radius 1 is 1.29 bits per heavy atom. The highest BCUT2D eigenvalue weighted by atomic mass is 16.3. The van der Waals surface area contributed by atoms with Gasteiger partial charge in [-0.15, -0.1) is 4.91 Å². The van der Waals surface area contributed by atoms with Crippen molar-refractivity contribution >= 4 is 0 Å². The van der Waals surface area contributed by atoms with Gasteiger partial charge in [0.15, 0.2) is 0 Å². The van der Waals surface area contributed by atoms with Gasteiger partial charge in [0.05, 0.1) is 5.29 Å². The van der Waals surface area contributed by atoms with E-state index in [-0.39, 0.29) is 0 Å². The SMILES string of the molecule is CN(C)N(C)N=O. The average Bonchev–Trinajstić information content (AvgIpc) is 1.65. The molecule has 0 aliphatic rings. The van der Waals surface area contributed by atoms with E-state index in [2.05, 4.69) is 5.29 Å². The van der Waals surface area contributed by atoms with Gasteiger partial charge < -0.3 is 0 Å². The molecule has 7 heavy (non-hydrogen) atoms. The zero-order chi connectivity index (χ0) is 5.86. The second-order valence-corrected chi connectivity index (χ2v) is 1.42. The first-order chi connectivity index (χ1) is 3.18. The monoisotopic (exact) mass is 103 g/mol. The van der Waals surface area contributed by atoms with Crippen LogP contribution in [0.25, 0.3) is 0 Å². The summed E-state index contributed by atoms with van der Waals surface area (Å²) in [6.07, 6.45) is 0. The first kappa shape index (κ1) is 6.36. The smallest absolute Gasteiger partial charge is 0.0683 e. The van der Waals surface area contributed by atoms with Crippen LogP contribution in [-0.4, -0.2) is 31.3 Å². The third-order valence-electron chi connectivity index (χ3n) is 0.697. The van der Waals surface area contributed by atoms with Crippen LogP contribution in [0.3, 0.4) is 0 Å². The molecule has 0 aliphatic heterocycles. The van der Waals surface area contributed by atoms with Gasteiger partial charge in [-0.25, -0.2) is 5.01 Å². The fraction of sp³-hybridized carbons (Fsp3) is 1.00. The van der Waals surface area contributed by atoms with Crippen LogP contribution >= 0.6 is 0 Å². The second-order valence-electron chi connectivity index (χ2n) is 1.42. The van der Waals surface area contributed by atoms with Crippen molar-refractivity contribution in [3.8, 4) is 0 Å². The fourth-order valence-electron chi connectivity index (χ4n) is 0.0730. The van der Waals surface area contributed by atoms with Gasteiger partial charge in [0, 0.05) is 21.1 Å². The van der Waals surface area contributed by atoms with Crippen LogP contribution in [0.4, 0.5) is 0 Å². The van der Waals surface area contributed by atoms with Gasteiger partial charge in [-0.1, -0.05) is 0 Å². The molecule has 0 saturated carbocycles. The molecular formula is C3H9N3O. The lowest BCUT2D eigenvalue weighted by molar-refractivity contribution is 0.0577. The minimum Gasteiger partial charge on any atom is -0.209 e. The summed E-state index contributed by atoms with van der Waals surface area (Å²) >= 11 is 0. The highest BCUT2D eigenvalue weighted by Crippen LogP contribution is 1.81. The third-order valence-corrected chi connectivity index (χ3v) is 0.697. The maximum absolute atomic E-state index is 9.58. The lowest BCUT2D eigenvalue weighted by Gasteiger charge is -2.15. The van der Waals surface area contributed by atoms with Crippen LogP contribution in [0.5, 0.6) is 0 Å². The fourth-order valence-corrected chi connectivity index (χ4v) is 0.0730. The number of rotatable bonds is 2. The molecule has 0 bridgehead atoms. The first-order valence-corrected chi connectivity index (χ1v) is 1.92. The average molecular weight is 103 g/mol. The molecule has 0 aromatic carbocycles. The molecule has 0 radical (unpaired) electrons. The summed E-state index contributed by atoms with van der Waals surface area (Å²) in [5.74, 6) is 0. The largest absolute Gasteiger partial charge is 0.209 e. The van der Waals surface area contributed by atoms with E-state index in [0.29, 0.717) is 0 Å². The maximum atomic E-state index is 9.58. The zero-order valence-electron chi connectivity index (χ0n) is 4.75. The van der Waals surface area contributed by atoms with Gasteiger partial charge in [-0.3, -0.25) is 0 Å². The highest BCUT2D eigenvalue weighted by Gasteiger charge is 1.91. The van der Waals surface area contributed by atoms with E-state index in [0.717, 1.165) is 0 Å². The molecule has 0 aromatic heterocycles. The van der Waals surface area contributed by atoms with E-state index in [1.54, 1.807) is 26.2 Å². The molecule has 0 fully saturated rings. The normalized spacial score (nSPS) is 9.14. The Labute approximate surface area is 42.6 Å². The minimum absolute atomic E-state index is 1.19. The quantitative estimate of drug-likeness (QED) is 0.366. The Balaban J connectivity index is 3.33. The molecule has 4 nitrogen and oxygen atoms in total. The molecule has 0 aromatic rings. The summed E-state index contributed by atoms with van der Waals surface area (Å²) in [5.41, 5.74) is 0. The van der Waals surface area contributed by atoms with Crippen molar-refractivity contribution in [1.82, 2.24) is 10.1 Å². The lowest BCUT2D eigenvalue weighted by atomic mass is 11.1. The van der Waals surface area contributed by atoms with Crippen molar-refractivity contribution in [3.05, 3.63) is 4.91 Å². The van der Waals surface area contributed by atoms with Crippen LogP contribution in [-0.2, 0) is 0 Å². The molecular weight excluding hydrogens is 94.1 g/mol. The van der Waals surface area contributed by atoms with Crippen molar-refractivity contribution in [2.45, 2.75) is 0 Å². The van der Waals surface area contributed by atoms with E-state index < -0.39 is 0 Å². The van der Waals surface area contributed by atoms with Crippen molar-refractivity contribution in [2.75, 3.05) is 21.1 Å². The Morgan fingerprint density at radius 3 is 1.71 bits per heavy atom. The highest BCUT2D eigenvalue weighted by molar-refractivity contribution is 4.25. The van der Waals surface area contributed by atoms with Gasteiger partial charge >= 0.3 is 0 Å². The number of nitroso groups, excluding NO2 is 1. The van der Waals surface area contributed by atoms with Gasteiger partial charge in [0.2, 0.25) is 0 Å². The van der Waals surface area contributed by atoms with Crippen LogP contribution in [0.1, 0.15) is 0 Å². The van der Waals surface area contributed by atoms with E-state index in [4.69, 9.17) is 0 Å². The van der Waals surface area contributed by atoms with Crippen LogP contribution < -0.4 is 0 Å². The molecule has 0 atom stereocenters. The van der Waals surface area contributed by atoms with E-state index >= 15 is 0 Å². The molecule has 0 unspecified atom stereocenters. The maximum Gasteiger partial charge on any atom is 0.0683 e. The van der Waals surface area contributed by atoms with Crippen molar-refractivity contribution in [2.24, 2.45) is 5.29 Å². The van der Waals surface area contributed by atoms with Gasteiger partial charge in [-0.05, 0) is 0 Å². The predicted octanol–water partition coefficient (Wildman–Crippen LogP) is 0.0762. The second kappa shape index (κ2) is 2.52. The number of nitrogens with zero attached hydrogens (tertiary/aromatic N) is 3. The molecule has 0 rings (SSSR count). The Morgan fingerprint density at radius 2 is 1.71 bits per heavy atom.